The lowest BCUT2D eigenvalue weighted by molar-refractivity contribution is -0.121. The summed E-state index contributed by atoms with van der Waals surface area (Å²) in [5.74, 6) is -0.997. The Balaban J connectivity index is 2.70. The van der Waals surface area contributed by atoms with Crippen LogP contribution in [0.15, 0.2) is 30.3 Å². The molecule has 0 aliphatic rings. The molecule has 1 amide bonds. The summed E-state index contributed by atoms with van der Waals surface area (Å²) >= 11 is 0. The molecular formula is C15H21N3O. The predicted molar refractivity (Wildman–Crippen MR) is 75.6 cm³/mol. The Bertz CT molecular complexity index is 460. The zero-order valence-corrected chi connectivity index (χ0v) is 12.0. The molecule has 0 aliphatic carbocycles. The molecule has 4 nitrogen and oxygen atoms in total. The van der Waals surface area contributed by atoms with Crippen LogP contribution in [0.25, 0.3) is 0 Å². The van der Waals surface area contributed by atoms with Gasteiger partial charge in [0, 0.05) is 12.1 Å². The Kier molecular flexibility index (Phi) is 5.08. The van der Waals surface area contributed by atoms with Crippen molar-refractivity contribution in [1.82, 2.24) is 10.2 Å². The van der Waals surface area contributed by atoms with E-state index >= 15 is 0 Å². The van der Waals surface area contributed by atoms with E-state index in [4.69, 9.17) is 5.26 Å². The van der Waals surface area contributed by atoms with Crippen LogP contribution in [-0.4, -0.2) is 37.0 Å². The van der Waals surface area contributed by atoms with E-state index in [-0.39, 0.29) is 11.4 Å². The molecule has 0 aliphatic heterocycles. The van der Waals surface area contributed by atoms with Crippen molar-refractivity contribution >= 4 is 5.91 Å². The third kappa shape index (κ3) is 4.08. The minimum absolute atomic E-state index is 0.146. The molecule has 0 aromatic heterocycles. The molecule has 102 valence electrons. The molecule has 0 saturated carbocycles. The van der Waals surface area contributed by atoms with Crippen molar-refractivity contribution in [3.8, 4) is 6.07 Å². The SMILES string of the molecule is CN(C)C(C)(C)CNC(=O)C(C#N)c1ccccc1. The van der Waals surface area contributed by atoms with Crippen LogP contribution in [-0.2, 0) is 4.79 Å². The van der Waals surface area contributed by atoms with E-state index in [0.717, 1.165) is 5.56 Å². The number of hydrogen-bond acceptors (Lipinski definition) is 3. The molecule has 0 radical (unpaired) electrons. The molecule has 0 saturated heterocycles. The Morgan fingerprint density at radius 3 is 2.42 bits per heavy atom. The number of amides is 1. The quantitative estimate of drug-likeness (QED) is 0.876. The first-order valence-corrected chi connectivity index (χ1v) is 6.28. The smallest absolute Gasteiger partial charge is 0.241 e. The molecule has 1 rings (SSSR count). The third-order valence-corrected chi connectivity index (χ3v) is 3.43. The summed E-state index contributed by atoms with van der Waals surface area (Å²) in [5.41, 5.74) is 0.581. The maximum absolute atomic E-state index is 12.1. The van der Waals surface area contributed by atoms with Gasteiger partial charge in [0.1, 0.15) is 5.92 Å². The minimum atomic E-state index is -0.751. The maximum atomic E-state index is 12.1. The zero-order chi connectivity index (χ0) is 14.5. The first kappa shape index (κ1) is 15.2. The third-order valence-electron chi connectivity index (χ3n) is 3.43. The van der Waals surface area contributed by atoms with Gasteiger partial charge < -0.3 is 10.2 Å². The molecule has 4 heteroatoms. The lowest BCUT2D eigenvalue weighted by Gasteiger charge is -2.32. The summed E-state index contributed by atoms with van der Waals surface area (Å²) in [6.07, 6.45) is 0. The molecule has 0 fully saturated rings. The summed E-state index contributed by atoms with van der Waals surface area (Å²) < 4.78 is 0. The molecular weight excluding hydrogens is 238 g/mol. The van der Waals surface area contributed by atoms with Gasteiger partial charge in [-0.2, -0.15) is 5.26 Å². The highest BCUT2D eigenvalue weighted by Crippen LogP contribution is 2.15. The molecule has 0 heterocycles. The molecule has 19 heavy (non-hydrogen) atoms. The zero-order valence-electron chi connectivity index (χ0n) is 12.0. The number of rotatable bonds is 5. The number of benzene rings is 1. The Morgan fingerprint density at radius 1 is 1.37 bits per heavy atom. The summed E-state index contributed by atoms with van der Waals surface area (Å²) in [7, 11) is 3.93. The second-order valence-electron chi connectivity index (χ2n) is 5.40. The standard InChI is InChI=1S/C15H21N3O/c1-15(2,18(3)4)11-17-14(19)13(10-16)12-8-6-5-7-9-12/h5-9,13H,11H2,1-4H3,(H,17,19). The van der Waals surface area contributed by atoms with Crippen molar-refractivity contribution < 1.29 is 4.79 Å². The van der Waals surface area contributed by atoms with E-state index in [1.807, 2.05) is 51.0 Å². The van der Waals surface area contributed by atoms with E-state index in [0.29, 0.717) is 6.54 Å². The summed E-state index contributed by atoms with van der Waals surface area (Å²) in [6.45, 7) is 4.58. The van der Waals surface area contributed by atoms with Crippen molar-refractivity contribution in [2.75, 3.05) is 20.6 Å². The molecule has 0 spiro atoms. The van der Waals surface area contributed by atoms with Crippen LogP contribution in [0.4, 0.5) is 0 Å². The van der Waals surface area contributed by atoms with Crippen LogP contribution in [0.3, 0.4) is 0 Å². The van der Waals surface area contributed by atoms with Gasteiger partial charge in [-0.1, -0.05) is 30.3 Å². The van der Waals surface area contributed by atoms with Crippen molar-refractivity contribution in [1.29, 1.82) is 5.26 Å². The normalized spacial score (nSPS) is 12.8. The van der Waals surface area contributed by atoms with Gasteiger partial charge in [-0.05, 0) is 33.5 Å². The molecule has 1 aromatic carbocycles. The van der Waals surface area contributed by atoms with Gasteiger partial charge in [0.15, 0.2) is 0 Å². The number of likely N-dealkylation sites (N-methyl/N-ethyl adjacent to an activating group) is 1. The van der Waals surface area contributed by atoms with Crippen LogP contribution in [0.5, 0.6) is 0 Å². The Hall–Kier alpha value is -1.86. The van der Waals surface area contributed by atoms with Crippen LogP contribution in [0, 0.1) is 11.3 Å². The first-order valence-electron chi connectivity index (χ1n) is 6.28. The lowest BCUT2D eigenvalue weighted by Crippen LogP contribution is -2.48. The van der Waals surface area contributed by atoms with Gasteiger partial charge in [-0.3, -0.25) is 4.79 Å². The van der Waals surface area contributed by atoms with Crippen LogP contribution < -0.4 is 5.32 Å². The van der Waals surface area contributed by atoms with E-state index in [1.54, 1.807) is 12.1 Å². The highest BCUT2D eigenvalue weighted by Gasteiger charge is 2.25. The second-order valence-corrected chi connectivity index (χ2v) is 5.40. The predicted octanol–water partition coefficient (Wildman–Crippen LogP) is 1.75. The topological polar surface area (TPSA) is 56.1 Å². The molecule has 1 aromatic rings. The van der Waals surface area contributed by atoms with Crippen molar-refractivity contribution in [2.24, 2.45) is 0 Å². The Morgan fingerprint density at radius 2 is 1.95 bits per heavy atom. The highest BCUT2D eigenvalue weighted by atomic mass is 16.1. The monoisotopic (exact) mass is 259 g/mol. The fourth-order valence-corrected chi connectivity index (χ4v) is 1.49. The van der Waals surface area contributed by atoms with Gasteiger partial charge in [0.25, 0.3) is 0 Å². The van der Waals surface area contributed by atoms with E-state index < -0.39 is 5.92 Å². The number of carbonyl (C=O) groups excluding carboxylic acids is 1. The van der Waals surface area contributed by atoms with Crippen LogP contribution >= 0.6 is 0 Å². The molecule has 1 N–H and O–H groups in total. The number of carbonyl (C=O) groups is 1. The fourth-order valence-electron chi connectivity index (χ4n) is 1.49. The van der Waals surface area contributed by atoms with Crippen LogP contribution in [0.1, 0.15) is 25.3 Å². The van der Waals surface area contributed by atoms with Gasteiger partial charge in [0.2, 0.25) is 5.91 Å². The summed E-state index contributed by atoms with van der Waals surface area (Å²) in [6, 6.07) is 11.2. The van der Waals surface area contributed by atoms with Crippen molar-refractivity contribution in [3.63, 3.8) is 0 Å². The Labute approximate surface area is 115 Å². The average molecular weight is 259 g/mol. The van der Waals surface area contributed by atoms with E-state index in [2.05, 4.69) is 11.4 Å². The fraction of sp³-hybridized carbons (Fsp3) is 0.467. The van der Waals surface area contributed by atoms with Crippen LogP contribution in [0.2, 0.25) is 0 Å². The van der Waals surface area contributed by atoms with E-state index in [9.17, 15) is 4.79 Å². The van der Waals surface area contributed by atoms with Gasteiger partial charge in [-0.25, -0.2) is 0 Å². The van der Waals surface area contributed by atoms with Gasteiger partial charge in [0.05, 0.1) is 6.07 Å². The summed E-state index contributed by atoms with van der Waals surface area (Å²) in [4.78, 5) is 14.1. The van der Waals surface area contributed by atoms with Gasteiger partial charge in [-0.15, -0.1) is 0 Å². The number of hydrogen-bond donors (Lipinski definition) is 1. The average Bonchev–Trinajstić information content (AvgIpc) is 2.38. The first-order chi connectivity index (χ1) is 8.88. The molecule has 1 unspecified atom stereocenters. The van der Waals surface area contributed by atoms with Crippen molar-refractivity contribution in [3.05, 3.63) is 35.9 Å². The van der Waals surface area contributed by atoms with Crippen molar-refractivity contribution in [2.45, 2.75) is 25.3 Å². The second kappa shape index (κ2) is 6.35. The highest BCUT2D eigenvalue weighted by molar-refractivity contribution is 5.86. The number of nitrogens with one attached hydrogen (secondary N) is 1. The number of nitriles is 1. The summed E-state index contributed by atoms with van der Waals surface area (Å²) in [5, 5.41) is 12.0. The lowest BCUT2D eigenvalue weighted by atomic mass is 9.98. The molecule has 1 atom stereocenters. The van der Waals surface area contributed by atoms with Gasteiger partial charge >= 0.3 is 0 Å². The minimum Gasteiger partial charge on any atom is -0.353 e. The van der Waals surface area contributed by atoms with E-state index in [1.165, 1.54) is 0 Å². The largest absolute Gasteiger partial charge is 0.353 e. The maximum Gasteiger partial charge on any atom is 0.241 e. The number of nitrogens with zero attached hydrogens (tertiary/aromatic N) is 2. The molecule has 0 bridgehead atoms.